The third kappa shape index (κ3) is 3.11. The quantitative estimate of drug-likeness (QED) is 0.776. The lowest BCUT2D eigenvalue weighted by Gasteiger charge is -2.46. The maximum absolute atomic E-state index is 11.7. The number of hydrogen-bond acceptors (Lipinski definition) is 3. The summed E-state index contributed by atoms with van der Waals surface area (Å²) in [5, 5.41) is 3.00. The number of rotatable bonds is 3. The first-order valence-corrected chi connectivity index (χ1v) is 6.00. The molecule has 0 aliphatic heterocycles. The van der Waals surface area contributed by atoms with Gasteiger partial charge in [-0.15, -0.1) is 0 Å². The first kappa shape index (κ1) is 13.3. The summed E-state index contributed by atoms with van der Waals surface area (Å²) < 4.78 is 5.27. The fraction of sp³-hybridized carbons (Fsp3) is 0.917. The van der Waals surface area contributed by atoms with E-state index in [-0.39, 0.29) is 11.6 Å². The minimum atomic E-state index is -0.443. The monoisotopic (exact) mass is 228 g/mol. The highest BCUT2D eigenvalue weighted by Crippen LogP contribution is 2.38. The summed E-state index contributed by atoms with van der Waals surface area (Å²) in [4.78, 5) is 11.7. The molecule has 0 aromatic carbocycles. The lowest BCUT2D eigenvalue weighted by molar-refractivity contribution is 0.0295. The average Bonchev–Trinajstić information content (AvgIpc) is 2.07. The van der Waals surface area contributed by atoms with E-state index in [4.69, 9.17) is 10.5 Å². The van der Waals surface area contributed by atoms with Crippen molar-refractivity contribution in [3.63, 3.8) is 0 Å². The van der Waals surface area contributed by atoms with Crippen molar-refractivity contribution in [2.45, 2.75) is 58.1 Å². The van der Waals surface area contributed by atoms with Crippen molar-refractivity contribution in [2.75, 3.05) is 6.54 Å². The van der Waals surface area contributed by atoms with Gasteiger partial charge in [-0.25, -0.2) is 4.79 Å². The highest BCUT2D eigenvalue weighted by Gasteiger charge is 2.43. The van der Waals surface area contributed by atoms with Gasteiger partial charge in [0.25, 0.3) is 0 Å². The minimum absolute atomic E-state index is 0.128. The second kappa shape index (κ2) is 4.62. The van der Waals surface area contributed by atoms with Crippen molar-refractivity contribution in [1.29, 1.82) is 0 Å². The van der Waals surface area contributed by atoms with E-state index in [2.05, 4.69) is 12.2 Å². The summed E-state index contributed by atoms with van der Waals surface area (Å²) in [5.41, 5.74) is 5.11. The van der Waals surface area contributed by atoms with Crippen LogP contribution in [-0.2, 0) is 4.74 Å². The van der Waals surface area contributed by atoms with Crippen molar-refractivity contribution in [3.05, 3.63) is 0 Å². The predicted molar refractivity (Wildman–Crippen MR) is 64.2 cm³/mol. The Labute approximate surface area is 97.9 Å². The Hall–Kier alpha value is -0.770. The van der Waals surface area contributed by atoms with Gasteiger partial charge in [-0.3, -0.25) is 0 Å². The Kier molecular flexibility index (Phi) is 3.84. The number of ether oxygens (including phenoxy) is 1. The summed E-state index contributed by atoms with van der Waals surface area (Å²) in [6.45, 7) is 8.28. The van der Waals surface area contributed by atoms with Crippen LogP contribution in [0.15, 0.2) is 0 Å². The van der Waals surface area contributed by atoms with Gasteiger partial charge < -0.3 is 15.8 Å². The molecule has 0 bridgehead atoms. The van der Waals surface area contributed by atoms with Crippen LogP contribution in [0.1, 0.15) is 47.0 Å². The van der Waals surface area contributed by atoms with Crippen LogP contribution < -0.4 is 11.1 Å². The van der Waals surface area contributed by atoms with Crippen LogP contribution in [0.5, 0.6) is 0 Å². The highest BCUT2D eigenvalue weighted by atomic mass is 16.6. The van der Waals surface area contributed by atoms with Crippen LogP contribution in [-0.4, -0.2) is 23.8 Å². The molecule has 4 nitrogen and oxygen atoms in total. The summed E-state index contributed by atoms with van der Waals surface area (Å²) in [6.07, 6.45) is 2.84. The summed E-state index contributed by atoms with van der Waals surface area (Å²) >= 11 is 0. The fourth-order valence-corrected chi connectivity index (χ4v) is 2.03. The molecule has 1 aliphatic rings. The van der Waals surface area contributed by atoms with Crippen LogP contribution in [0.2, 0.25) is 0 Å². The largest absolute Gasteiger partial charge is 0.444 e. The molecule has 1 saturated carbocycles. The van der Waals surface area contributed by atoms with Gasteiger partial charge in [-0.2, -0.15) is 0 Å². The summed E-state index contributed by atoms with van der Waals surface area (Å²) in [6, 6.07) is 0. The molecule has 1 amide bonds. The van der Waals surface area contributed by atoms with Gasteiger partial charge in [0, 0.05) is 5.54 Å². The number of alkyl carbamates (subject to hydrolysis) is 1. The van der Waals surface area contributed by atoms with Gasteiger partial charge in [0.05, 0.1) is 0 Å². The van der Waals surface area contributed by atoms with Crippen molar-refractivity contribution in [3.8, 4) is 0 Å². The molecule has 0 aromatic heterocycles. The molecule has 1 rings (SSSR count). The number of amides is 1. The molecule has 0 saturated heterocycles. The standard InChI is InChI=1S/C12H24N2O2/c1-9(8-13)12(6-5-7-12)14-10(15)16-11(2,3)4/h9H,5-8,13H2,1-4H3,(H,14,15). The zero-order valence-corrected chi connectivity index (χ0v) is 10.8. The van der Waals surface area contributed by atoms with E-state index < -0.39 is 5.60 Å². The average molecular weight is 228 g/mol. The molecule has 3 N–H and O–H groups in total. The van der Waals surface area contributed by atoms with Gasteiger partial charge in [0.15, 0.2) is 0 Å². The maximum Gasteiger partial charge on any atom is 0.408 e. The Balaban J connectivity index is 2.54. The van der Waals surface area contributed by atoms with E-state index in [9.17, 15) is 4.79 Å². The number of nitrogens with one attached hydrogen (secondary N) is 1. The number of nitrogens with two attached hydrogens (primary N) is 1. The van der Waals surface area contributed by atoms with Crippen LogP contribution in [0.3, 0.4) is 0 Å². The number of carbonyl (C=O) groups excluding carboxylic acids is 1. The third-order valence-electron chi connectivity index (χ3n) is 3.29. The Morgan fingerprint density at radius 2 is 2.06 bits per heavy atom. The molecule has 1 fully saturated rings. The van der Waals surface area contributed by atoms with Crippen molar-refractivity contribution >= 4 is 6.09 Å². The summed E-state index contributed by atoms with van der Waals surface area (Å²) in [5.74, 6) is 0.300. The lowest BCUT2D eigenvalue weighted by atomic mass is 9.69. The molecular weight excluding hydrogens is 204 g/mol. The van der Waals surface area contributed by atoms with E-state index in [1.54, 1.807) is 0 Å². The van der Waals surface area contributed by atoms with Crippen LogP contribution in [0.4, 0.5) is 4.79 Å². The molecular formula is C12H24N2O2. The fourth-order valence-electron chi connectivity index (χ4n) is 2.03. The second-order valence-electron chi connectivity index (χ2n) is 5.77. The van der Waals surface area contributed by atoms with E-state index >= 15 is 0 Å². The first-order valence-electron chi connectivity index (χ1n) is 6.00. The molecule has 4 heteroatoms. The zero-order chi connectivity index (χ0) is 12.4. The van der Waals surface area contributed by atoms with Crippen molar-refractivity contribution in [1.82, 2.24) is 5.32 Å². The lowest BCUT2D eigenvalue weighted by Crippen LogP contribution is -2.60. The SMILES string of the molecule is CC(CN)C1(NC(=O)OC(C)(C)C)CCC1. The predicted octanol–water partition coefficient (Wildman–Crippen LogP) is 2.03. The van der Waals surface area contributed by atoms with Crippen molar-refractivity contribution < 1.29 is 9.53 Å². The van der Waals surface area contributed by atoms with Crippen LogP contribution in [0.25, 0.3) is 0 Å². The molecule has 0 radical (unpaired) electrons. The molecule has 1 atom stereocenters. The minimum Gasteiger partial charge on any atom is -0.444 e. The molecule has 16 heavy (non-hydrogen) atoms. The Bertz CT molecular complexity index is 254. The van der Waals surface area contributed by atoms with E-state index in [1.165, 1.54) is 0 Å². The first-order chi connectivity index (χ1) is 7.29. The van der Waals surface area contributed by atoms with E-state index in [1.807, 2.05) is 20.8 Å². The topological polar surface area (TPSA) is 64.3 Å². The summed E-state index contributed by atoms with van der Waals surface area (Å²) in [7, 11) is 0. The second-order valence-corrected chi connectivity index (χ2v) is 5.77. The van der Waals surface area contributed by atoms with Gasteiger partial charge in [0.2, 0.25) is 0 Å². The maximum atomic E-state index is 11.7. The van der Waals surface area contributed by atoms with Crippen molar-refractivity contribution in [2.24, 2.45) is 11.7 Å². The smallest absolute Gasteiger partial charge is 0.408 e. The van der Waals surface area contributed by atoms with E-state index in [0.717, 1.165) is 19.3 Å². The van der Waals surface area contributed by atoms with E-state index in [0.29, 0.717) is 12.5 Å². The number of hydrogen-bond donors (Lipinski definition) is 2. The highest BCUT2D eigenvalue weighted by molar-refractivity contribution is 5.69. The van der Waals surface area contributed by atoms with Gasteiger partial charge in [-0.05, 0) is 52.5 Å². The van der Waals surface area contributed by atoms with Crippen LogP contribution in [0, 0.1) is 5.92 Å². The van der Waals surface area contributed by atoms with Gasteiger partial charge in [-0.1, -0.05) is 6.92 Å². The number of carbonyl (C=O) groups is 1. The molecule has 1 aliphatic carbocycles. The third-order valence-corrected chi connectivity index (χ3v) is 3.29. The van der Waals surface area contributed by atoms with Crippen LogP contribution >= 0.6 is 0 Å². The molecule has 0 spiro atoms. The molecule has 94 valence electrons. The van der Waals surface area contributed by atoms with Gasteiger partial charge >= 0.3 is 6.09 Å². The molecule has 1 unspecified atom stereocenters. The zero-order valence-electron chi connectivity index (χ0n) is 10.8. The Morgan fingerprint density at radius 3 is 2.38 bits per heavy atom. The normalized spacial score (nSPS) is 20.8. The van der Waals surface area contributed by atoms with Gasteiger partial charge in [0.1, 0.15) is 5.60 Å². The Morgan fingerprint density at radius 1 is 1.50 bits per heavy atom. The molecule has 0 heterocycles. The molecule has 0 aromatic rings.